The van der Waals surface area contributed by atoms with Crippen LogP contribution in [0.15, 0.2) is 0 Å². The number of esters is 1. The maximum absolute atomic E-state index is 11.1. The summed E-state index contributed by atoms with van der Waals surface area (Å²) in [6, 6.07) is 0. The molecule has 1 heterocycles. The van der Waals surface area contributed by atoms with E-state index in [2.05, 4.69) is 15.3 Å². The molecule has 0 saturated heterocycles. The van der Waals surface area contributed by atoms with Gasteiger partial charge in [0, 0.05) is 0 Å². The summed E-state index contributed by atoms with van der Waals surface area (Å²) in [6.45, 7) is 1.82. The first-order valence-corrected chi connectivity index (χ1v) is 5.14. The lowest BCUT2D eigenvalue weighted by Gasteiger charge is -2.08. The molecule has 8 heteroatoms. The summed E-state index contributed by atoms with van der Waals surface area (Å²) in [5.74, 6) is -0.463. The molecule has 1 aromatic rings. The van der Waals surface area contributed by atoms with Crippen molar-refractivity contribution >= 4 is 35.6 Å². The van der Waals surface area contributed by atoms with E-state index in [9.17, 15) is 9.59 Å². The Bertz CT molecular complexity index is 438. The molecule has 0 amide bonds. The van der Waals surface area contributed by atoms with Crippen molar-refractivity contribution in [1.82, 2.24) is 9.97 Å². The van der Waals surface area contributed by atoms with Gasteiger partial charge in [-0.25, -0.2) is 4.98 Å². The van der Waals surface area contributed by atoms with Gasteiger partial charge in [-0.1, -0.05) is 11.6 Å². The van der Waals surface area contributed by atoms with Gasteiger partial charge in [-0.2, -0.15) is 4.98 Å². The number of hydrogen-bond donors (Lipinski definition) is 2. The molecule has 0 aliphatic heterocycles. The second kappa shape index (κ2) is 6.00. The lowest BCUT2D eigenvalue weighted by atomic mass is 10.3. The Morgan fingerprint density at radius 3 is 2.88 bits per heavy atom. The molecule has 1 aromatic heterocycles. The molecule has 0 saturated carbocycles. The second-order valence-electron chi connectivity index (χ2n) is 2.91. The highest BCUT2D eigenvalue weighted by Gasteiger charge is 2.12. The Balaban J connectivity index is 2.83. The number of carbonyl (C=O) groups is 2. The number of hydrogen-bond acceptors (Lipinski definition) is 7. The molecule has 0 fully saturated rings. The van der Waals surface area contributed by atoms with E-state index in [0.717, 1.165) is 0 Å². The molecule has 3 N–H and O–H groups in total. The molecule has 7 nitrogen and oxygen atoms in total. The van der Waals surface area contributed by atoms with Crippen LogP contribution >= 0.6 is 11.6 Å². The van der Waals surface area contributed by atoms with Gasteiger partial charge in [0.2, 0.25) is 5.95 Å². The van der Waals surface area contributed by atoms with Gasteiger partial charge in [0.15, 0.2) is 6.29 Å². The molecule has 0 bridgehead atoms. The summed E-state index contributed by atoms with van der Waals surface area (Å²) in [7, 11) is 0. The Kier molecular flexibility index (Phi) is 4.65. The zero-order valence-electron chi connectivity index (χ0n) is 9.07. The number of nitrogen functional groups attached to an aromatic ring is 1. The maximum atomic E-state index is 11.1. The van der Waals surface area contributed by atoms with E-state index in [4.69, 9.17) is 22.1 Å². The second-order valence-corrected chi connectivity index (χ2v) is 3.27. The highest BCUT2D eigenvalue weighted by atomic mass is 35.5. The van der Waals surface area contributed by atoms with Crippen LogP contribution in [-0.2, 0) is 9.53 Å². The van der Waals surface area contributed by atoms with Gasteiger partial charge in [-0.05, 0) is 6.92 Å². The summed E-state index contributed by atoms with van der Waals surface area (Å²) >= 11 is 5.69. The Morgan fingerprint density at radius 2 is 2.29 bits per heavy atom. The van der Waals surface area contributed by atoms with Crippen molar-refractivity contribution in [3.05, 3.63) is 10.7 Å². The minimum atomic E-state index is -0.474. The van der Waals surface area contributed by atoms with Crippen LogP contribution in [0.1, 0.15) is 17.3 Å². The van der Waals surface area contributed by atoms with Crippen molar-refractivity contribution in [1.29, 1.82) is 0 Å². The number of aromatic nitrogens is 2. The third kappa shape index (κ3) is 3.56. The molecule has 0 unspecified atom stereocenters. The molecule has 0 spiro atoms. The van der Waals surface area contributed by atoms with E-state index in [1.807, 2.05) is 0 Å². The normalized spacial score (nSPS) is 9.76. The molecule has 0 atom stereocenters. The molecule has 92 valence electrons. The van der Waals surface area contributed by atoms with Crippen LogP contribution in [0.5, 0.6) is 0 Å². The summed E-state index contributed by atoms with van der Waals surface area (Å²) in [5.41, 5.74) is 5.42. The molecular formula is C9H11ClN4O3. The number of anilines is 2. The van der Waals surface area contributed by atoms with Gasteiger partial charge in [0.05, 0.1) is 12.2 Å². The van der Waals surface area contributed by atoms with Crippen LogP contribution in [-0.4, -0.2) is 35.4 Å². The average molecular weight is 259 g/mol. The third-order valence-electron chi connectivity index (χ3n) is 1.74. The van der Waals surface area contributed by atoms with Crippen LogP contribution in [0, 0.1) is 0 Å². The van der Waals surface area contributed by atoms with Crippen molar-refractivity contribution in [2.75, 3.05) is 24.2 Å². The molecule has 0 aliphatic rings. The zero-order chi connectivity index (χ0) is 12.8. The number of nitrogens with one attached hydrogen (secondary N) is 1. The third-order valence-corrected chi connectivity index (χ3v) is 2.03. The SMILES string of the molecule is CCOC(=O)CNc1nc(N)nc(Cl)c1C=O. The fourth-order valence-corrected chi connectivity index (χ4v) is 1.29. The highest BCUT2D eigenvalue weighted by Crippen LogP contribution is 2.19. The van der Waals surface area contributed by atoms with Crippen LogP contribution in [0.2, 0.25) is 5.15 Å². The summed E-state index contributed by atoms with van der Waals surface area (Å²) in [6.07, 6.45) is 0.481. The van der Waals surface area contributed by atoms with Crippen LogP contribution < -0.4 is 11.1 Å². The lowest BCUT2D eigenvalue weighted by Crippen LogP contribution is -2.19. The molecule has 0 radical (unpaired) electrons. The quantitative estimate of drug-likeness (QED) is 0.450. The standard InChI is InChI=1S/C9H11ClN4O3/c1-2-17-6(16)3-12-8-5(4-15)7(10)13-9(11)14-8/h4H,2-3H2,1H3,(H3,11,12,13,14). The molecular weight excluding hydrogens is 248 g/mol. The molecule has 1 rings (SSSR count). The van der Waals surface area contributed by atoms with Crippen LogP contribution in [0.3, 0.4) is 0 Å². The fourth-order valence-electron chi connectivity index (χ4n) is 1.07. The summed E-state index contributed by atoms with van der Waals surface area (Å²) in [5, 5.41) is 2.54. The highest BCUT2D eigenvalue weighted by molar-refractivity contribution is 6.32. The predicted octanol–water partition coefficient (Wildman–Crippen LogP) is 0.500. The van der Waals surface area contributed by atoms with Crippen LogP contribution in [0.4, 0.5) is 11.8 Å². The van der Waals surface area contributed by atoms with Crippen molar-refractivity contribution in [3.63, 3.8) is 0 Å². The van der Waals surface area contributed by atoms with Crippen molar-refractivity contribution in [2.45, 2.75) is 6.92 Å². The average Bonchev–Trinajstić information content (AvgIpc) is 2.26. The Morgan fingerprint density at radius 1 is 1.59 bits per heavy atom. The predicted molar refractivity (Wildman–Crippen MR) is 62.0 cm³/mol. The summed E-state index contributed by atoms with van der Waals surface area (Å²) in [4.78, 5) is 29.3. The number of carbonyl (C=O) groups excluding carboxylic acids is 2. The number of halogens is 1. The van der Waals surface area contributed by atoms with Gasteiger partial charge < -0.3 is 15.8 Å². The lowest BCUT2D eigenvalue weighted by molar-refractivity contribution is -0.140. The van der Waals surface area contributed by atoms with Gasteiger partial charge in [-0.3, -0.25) is 9.59 Å². The largest absolute Gasteiger partial charge is 0.465 e. The molecule has 17 heavy (non-hydrogen) atoms. The molecule has 0 aliphatic carbocycles. The fraction of sp³-hybridized carbons (Fsp3) is 0.333. The van der Waals surface area contributed by atoms with E-state index >= 15 is 0 Å². The van der Waals surface area contributed by atoms with Crippen molar-refractivity contribution < 1.29 is 14.3 Å². The van der Waals surface area contributed by atoms with E-state index in [1.54, 1.807) is 6.92 Å². The van der Waals surface area contributed by atoms with Gasteiger partial charge in [0.25, 0.3) is 0 Å². The van der Waals surface area contributed by atoms with Crippen LogP contribution in [0.25, 0.3) is 0 Å². The summed E-state index contributed by atoms with van der Waals surface area (Å²) < 4.78 is 4.70. The number of ether oxygens (including phenoxy) is 1. The smallest absolute Gasteiger partial charge is 0.325 e. The molecule has 0 aromatic carbocycles. The van der Waals surface area contributed by atoms with Gasteiger partial charge >= 0.3 is 5.97 Å². The van der Waals surface area contributed by atoms with E-state index in [1.165, 1.54) is 0 Å². The minimum absolute atomic E-state index is 0.0464. The van der Waals surface area contributed by atoms with E-state index in [-0.39, 0.29) is 35.6 Å². The minimum Gasteiger partial charge on any atom is -0.465 e. The van der Waals surface area contributed by atoms with Gasteiger partial charge in [0.1, 0.15) is 17.5 Å². The first-order chi connectivity index (χ1) is 8.08. The number of aldehydes is 1. The zero-order valence-corrected chi connectivity index (χ0v) is 9.82. The number of nitrogens with two attached hydrogens (primary N) is 1. The number of rotatable bonds is 5. The Labute approximate surface area is 102 Å². The topological polar surface area (TPSA) is 107 Å². The van der Waals surface area contributed by atoms with Crippen molar-refractivity contribution in [2.24, 2.45) is 0 Å². The maximum Gasteiger partial charge on any atom is 0.325 e. The first-order valence-electron chi connectivity index (χ1n) is 4.76. The van der Waals surface area contributed by atoms with E-state index < -0.39 is 5.97 Å². The van der Waals surface area contributed by atoms with Crippen molar-refractivity contribution in [3.8, 4) is 0 Å². The van der Waals surface area contributed by atoms with Gasteiger partial charge in [-0.15, -0.1) is 0 Å². The first kappa shape index (κ1) is 13.2. The van der Waals surface area contributed by atoms with E-state index in [0.29, 0.717) is 6.29 Å². The number of nitrogens with zero attached hydrogens (tertiary/aromatic N) is 2. The Hall–Kier alpha value is -1.89. The monoisotopic (exact) mass is 258 g/mol.